The summed E-state index contributed by atoms with van der Waals surface area (Å²) in [6.45, 7) is 1.85. The Labute approximate surface area is 97.8 Å². The molecule has 4 nitrogen and oxygen atoms in total. The summed E-state index contributed by atoms with van der Waals surface area (Å²) < 4.78 is 29.9. The molecule has 0 spiro atoms. The molecule has 15 heavy (non-hydrogen) atoms. The Morgan fingerprint density at radius 2 is 2.13 bits per heavy atom. The van der Waals surface area contributed by atoms with Gasteiger partial charge >= 0.3 is 0 Å². The minimum atomic E-state index is -3.28. The zero-order valence-corrected chi connectivity index (χ0v) is 10.9. The predicted octanol–water partition coefficient (Wildman–Crippen LogP) is 2.10. The summed E-state index contributed by atoms with van der Waals surface area (Å²) in [6.07, 6.45) is 0. The van der Waals surface area contributed by atoms with Crippen molar-refractivity contribution in [1.29, 1.82) is 0 Å². The van der Waals surface area contributed by atoms with Crippen LogP contribution < -0.4 is 9.46 Å². The Morgan fingerprint density at radius 3 is 2.60 bits per heavy atom. The average Bonchev–Trinajstić information content (AvgIpc) is 2.17. The highest BCUT2D eigenvalue weighted by atomic mass is 79.9. The maximum absolute atomic E-state index is 11.2. The Kier molecular flexibility index (Phi) is 3.98. The Morgan fingerprint density at radius 1 is 1.47 bits per heavy atom. The van der Waals surface area contributed by atoms with E-state index in [1.54, 1.807) is 25.3 Å². The number of sulfonamides is 1. The fourth-order valence-corrected chi connectivity index (χ4v) is 2.03. The van der Waals surface area contributed by atoms with Crippen LogP contribution in [0.2, 0.25) is 0 Å². The van der Waals surface area contributed by atoms with Crippen LogP contribution in [0.3, 0.4) is 0 Å². The van der Waals surface area contributed by atoms with E-state index in [4.69, 9.17) is 4.74 Å². The van der Waals surface area contributed by atoms with Gasteiger partial charge in [0, 0.05) is 5.69 Å². The largest absolute Gasteiger partial charge is 0.496 e. The molecule has 0 fully saturated rings. The van der Waals surface area contributed by atoms with Gasteiger partial charge < -0.3 is 4.74 Å². The van der Waals surface area contributed by atoms with Crippen molar-refractivity contribution in [3.8, 4) is 5.75 Å². The maximum Gasteiger partial charge on any atom is 0.242 e. The van der Waals surface area contributed by atoms with E-state index < -0.39 is 10.0 Å². The molecular formula is C9H12BrNO3S. The van der Waals surface area contributed by atoms with Gasteiger partial charge in [-0.15, -0.1) is 0 Å². The number of alkyl halides is 1. The van der Waals surface area contributed by atoms with Gasteiger partial charge in [0.05, 0.1) is 7.11 Å². The minimum absolute atomic E-state index is 0.120. The van der Waals surface area contributed by atoms with Gasteiger partial charge in [0.2, 0.25) is 10.0 Å². The predicted molar refractivity (Wildman–Crippen MR) is 64.1 cm³/mol. The van der Waals surface area contributed by atoms with E-state index in [1.807, 2.05) is 6.92 Å². The summed E-state index contributed by atoms with van der Waals surface area (Å²) in [6, 6.07) is 5.10. The van der Waals surface area contributed by atoms with Crippen molar-refractivity contribution in [2.75, 3.05) is 16.5 Å². The number of anilines is 1. The zero-order chi connectivity index (χ0) is 11.5. The van der Waals surface area contributed by atoms with E-state index in [0.29, 0.717) is 5.69 Å². The van der Waals surface area contributed by atoms with Gasteiger partial charge in [-0.3, -0.25) is 4.72 Å². The van der Waals surface area contributed by atoms with Crippen LogP contribution in [0.1, 0.15) is 5.56 Å². The fourth-order valence-electron chi connectivity index (χ4n) is 1.15. The summed E-state index contributed by atoms with van der Waals surface area (Å²) in [5, 5.41) is 0. The van der Waals surface area contributed by atoms with E-state index in [-0.39, 0.29) is 4.66 Å². The summed E-state index contributed by atoms with van der Waals surface area (Å²) in [5.74, 6) is 0.733. The van der Waals surface area contributed by atoms with Crippen molar-refractivity contribution in [3.05, 3.63) is 23.8 Å². The summed E-state index contributed by atoms with van der Waals surface area (Å²) >= 11 is 2.90. The second-order valence-corrected chi connectivity index (χ2v) is 6.04. The molecule has 1 rings (SSSR count). The first-order valence-electron chi connectivity index (χ1n) is 4.19. The molecule has 0 unspecified atom stereocenters. The third-order valence-electron chi connectivity index (χ3n) is 1.81. The lowest BCUT2D eigenvalue weighted by atomic mass is 10.2. The molecule has 0 saturated carbocycles. The van der Waals surface area contributed by atoms with Crippen molar-refractivity contribution in [2.45, 2.75) is 6.92 Å². The number of hydrogen-bond donors (Lipinski definition) is 1. The number of rotatable bonds is 4. The van der Waals surface area contributed by atoms with Gasteiger partial charge in [0.25, 0.3) is 0 Å². The monoisotopic (exact) mass is 293 g/mol. The normalized spacial score (nSPS) is 11.1. The summed E-state index contributed by atoms with van der Waals surface area (Å²) in [7, 11) is -1.71. The van der Waals surface area contributed by atoms with Gasteiger partial charge in [0.1, 0.15) is 10.4 Å². The first kappa shape index (κ1) is 12.3. The lowest BCUT2D eigenvalue weighted by Gasteiger charge is -2.08. The van der Waals surface area contributed by atoms with Crippen LogP contribution in [-0.4, -0.2) is 20.2 Å². The average molecular weight is 294 g/mol. The van der Waals surface area contributed by atoms with Crippen LogP contribution in [0.25, 0.3) is 0 Å². The zero-order valence-electron chi connectivity index (χ0n) is 8.45. The molecule has 0 amide bonds. The minimum Gasteiger partial charge on any atom is -0.496 e. The van der Waals surface area contributed by atoms with Crippen LogP contribution in [0.4, 0.5) is 5.69 Å². The van der Waals surface area contributed by atoms with Crippen LogP contribution >= 0.6 is 15.9 Å². The van der Waals surface area contributed by atoms with Crippen LogP contribution in [0.5, 0.6) is 5.75 Å². The highest BCUT2D eigenvalue weighted by Crippen LogP contribution is 2.22. The second-order valence-electron chi connectivity index (χ2n) is 3.01. The third-order valence-corrected chi connectivity index (χ3v) is 4.45. The van der Waals surface area contributed by atoms with Gasteiger partial charge in [0.15, 0.2) is 0 Å². The molecule has 1 aromatic carbocycles. The van der Waals surface area contributed by atoms with Gasteiger partial charge in [-0.2, -0.15) is 0 Å². The molecule has 0 aliphatic rings. The first-order valence-corrected chi connectivity index (χ1v) is 6.97. The molecule has 0 saturated heterocycles. The van der Waals surface area contributed by atoms with Crippen molar-refractivity contribution >= 4 is 31.6 Å². The van der Waals surface area contributed by atoms with Gasteiger partial charge in [-0.1, -0.05) is 15.9 Å². The SMILES string of the molecule is COc1ccc(NS(=O)(=O)CBr)cc1C. The number of ether oxygens (including phenoxy) is 1. The van der Waals surface area contributed by atoms with E-state index >= 15 is 0 Å². The van der Waals surface area contributed by atoms with E-state index in [2.05, 4.69) is 20.7 Å². The van der Waals surface area contributed by atoms with Crippen molar-refractivity contribution in [3.63, 3.8) is 0 Å². The van der Waals surface area contributed by atoms with Crippen molar-refractivity contribution in [2.24, 2.45) is 0 Å². The number of benzene rings is 1. The van der Waals surface area contributed by atoms with Crippen LogP contribution in [0, 0.1) is 6.92 Å². The Hall–Kier alpha value is -0.750. The molecule has 0 atom stereocenters. The first-order chi connectivity index (χ1) is 6.98. The maximum atomic E-state index is 11.2. The lowest BCUT2D eigenvalue weighted by molar-refractivity contribution is 0.412. The quantitative estimate of drug-likeness (QED) is 0.865. The van der Waals surface area contributed by atoms with Crippen LogP contribution in [-0.2, 0) is 10.0 Å². The third kappa shape index (κ3) is 3.39. The molecule has 0 bridgehead atoms. The number of methoxy groups -OCH3 is 1. The second kappa shape index (κ2) is 4.85. The Bertz CT molecular complexity index is 445. The number of nitrogens with one attached hydrogen (secondary N) is 1. The highest BCUT2D eigenvalue weighted by Gasteiger charge is 2.08. The molecule has 0 heterocycles. The highest BCUT2D eigenvalue weighted by molar-refractivity contribution is 9.10. The summed E-state index contributed by atoms with van der Waals surface area (Å²) in [5.41, 5.74) is 1.42. The van der Waals surface area contributed by atoms with Gasteiger partial charge in [-0.25, -0.2) is 8.42 Å². The van der Waals surface area contributed by atoms with E-state index in [9.17, 15) is 8.42 Å². The number of hydrogen-bond acceptors (Lipinski definition) is 3. The molecule has 6 heteroatoms. The summed E-state index contributed by atoms with van der Waals surface area (Å²) in [4.78, 5) is 0. The van der Waals surface area contributed by atoms with Crippen LogP contribution in [0.15, 0.2) is 18.2 Å². The lowest BCUT2D eigenvalue weighted by Crippen LogP contribution is -2.13. The fraction of sp³-hybridized carbons (Fsp3) is 0.333. The molecule has 0 aliphatic carbocycles. The Balaban J connectivity index is 2.94. The molecule has 0 radical (unpaired) electrons. The van der Waals surface area contributed by atoms with E-state index in [1.165, 1.54) is 0 Å². The van der Waals surface area contributed by atoms with Crippen molar-refractivity contribution in [1.82, 2.24) is 0 Å². The van der Waals surface area contributed by atoms with E-state index in [0.717, 1.165) is 11.3 Å². The number of halogens is 1. The van der Waals surface area contributed by atoms with Gasteiger partial charge in [-0.05, 0) is 30.7 Å². The molecular weight excluding hydrogens is 282 g/mol. The number of aryl methyl sites for hydroxylation is 1. The smallest absolute Gasteiger partial charge is 0.242 e. The molecule has 84 valence electrons. The molecule has 0 aliphatic heterocycles. The standard InChI is InChI=1S/C9H12BrNO3S/c1-7-5-8(3-4-9(7)14-2)11-15(12,13)6-10/h3-5,11H,6H2,1-2H3. The molecule has 1 aromatic rings. The topological polar surface area (TPSA) is 55.4 Å². The van der Waals surface area contributed by atoms with Crippen molar-refractivity contribution < 1.29 is 13.2 Å². The molecule has 0 aromatic heterocycles. The molecule has 1 N–H and O–H groups in total.